The van der Waals surface area contributed by atoms with Crippen LogP contribution in [0.25, 0.3) is 0 Å². The number of aliphatic hydroxyl groups is 1. The highest BCUT2D eigenvalue weighted by atomic mass is 31.2. The van der Waals surface area contributed by atoms with Gasteiger partial charge in [0.05, 0.1) is 27.7 Å². The minimum absolute atomic E-state index is 0.00788. The second-order valence-corrected chi connectivity index (χ2v) is 12.4. The quantitative estimate of drug-likeness (QED) is 0.0470. The van der Waals surface area contributed by atoms with Gasteiger partial charge in [0.15, 0.2) is 0 Å². The van der Waals surface area contributed by atoms with Gasteiger partial charge in [-0.25, -0.2) is 0 Å². The molecule has 1 N–H and O–H groups in total. The molecule has 0 saturated carbocycles. The molecule has 0 bridgehead atoms. The average Bonchev–Trinajstić information content (AvgIpc) is 2.82. The zero-order chi connectivity index (χ0) is 27.8. The van der Waals surface area contributed by atoms with E-state index in [2.05, 4.69) is 23.6 Å². The number of allylic oxidation sites excluding steroid dienone is 2. The van der Waals surface area contributed by atoms with Crippen molar-refractivity contribution in [3.05, 3.63) is 12.2 Å². The Morgan fingerprint density at radius 3 is 1.89 bits per heavy atom. The highest BCUT2D eigenvalue weighted by molar-refractivity contribution is 7.45. The van der Waals surface area contributed by atoms with E-state index in [-0.39, 0.29) is 13.2 Å². The summed E-state index contributed by atoms with van der Waals surface area (Å²) >= 11 is 0. The van der Waals surface area contributed by atoms with Crippen LogP contribution < -0.4 is 4.89 Å². The number of phosphoric acid groups is 1. The second-order valence-electron chi connectivity index (χ2n) is 11.0. The Morgan fingerprint density at radius 1 is 0.838 bits per heavy atom. The van der Waals surface area contributed by atoms with Crippen LogP contribution in [0.3, 0.4) is 0 Å². The van der Waals surface area contributed by atoms with Crippen molar-refractivity contribution in [3.63, 3.8) is 0 Å². The second kappa shape index (κ2) is 23.2. The van der Waals surface area contributed by atoms with Gasteiger partial charge in [-0.05, 0) is 32.1 Å². The van der Waals surface area contributed by atoms with Crippen LogP contribution in [0, 0.1) is 0 Å². The molecule has 0 heterocycles. The third-order valence-electron chi connectivity index (χ3n) is 6.02. The van der Waals surface area contributed by atoms with Gasteiger partial charge in [-0.1, -0.05) is 83.3 Å². The summed E-state index contributed by atoms with van der Waals surface area (Å²) in [6.07, 6.45) is 22.0. The van der Waals surface area contributed by atoms with Gasteiger partial charge in [0, 0.05) is 6.42 Å². The summed E-state index contributed by atoms with van der Waals surface area (Å²) < 4.78 is 26.7. The van der Waals surface area contributed by atoms with Crippen molar-refractivity contribution in [2.45, 2.75) is 116 Å². The van der Waals surface area contributed by atoms with Gasteiger partial charge in [-0.15, -0.1) is 0 Å². The van der Waals surface area contributed by atoms with Crippen molar-refractivity contribution in [3.8, 4) is 0 Å². The Bertz CT molecular complexity index is 622. The summed E-state index contributed by atoms with van der Waals surface area (Å²) in [4.78, 5) is 23.5. The molecule has 220 valence electrons. The summed E-state index contributed by atoms with van der Waals surface area (Å²) in [6.45, 7) is 1.93. The van der Waals surface area contributed by atoms with E-state index in [9.17, 15) is 19.4 Å². The lowest BCUT2D eigenvalue weighted by atomic mass is 10.1. The lowest BCUT2D eigenvalue weighted by Gasteiger charge is -2.27. The zero-order valence-corrected chi connectivity index (χ0v) is 25.1. The van der Waals surface area contributed by atoms with E-state index in [1.807, 2.05) is 21.1 Å². The smallest absolute Gasteiger partial charge is 0.305 e. The van der Waals surface area contributed by atoms with E-state index in [4.69, 9.17) is 9.26 Å². The number of rotatable bonds is 26. The summed E-state index contributed by atoms with van der Waals surface area (Å²) in [5.41, 5.74) is 0. The number of ether oxygens (including phenoxy) is 1. The number of carbonyl (C=O) groups excluding carboxylic acids is 1. The summed E-state index contributed by atoms with van der Waals surface area (Å²) in [6, 6.07) is 0. The van der Waals surface area contributed by atoms with Gasteiger partial charge in [-0.3, -0.25) is 9.36 Å². The number of hydrogen-bond donors (Lipinski definition) is 1. The molecule has 0 amide bonds. The highest BCUT2D eigenvalue weighted by Gasteiger charge is 2.16. The maximum atomic E-state index is 11.8. The number of unbranched alkanes of at least 4 members (excludes halogenated alkanes) is 13. The van der Waals surface area contributed by atoms with Crippen LogP contribution in [0.15, 0.2) is 12.2 Å². The minimum atomic E-state index is -4.49. The standard InChI is InChI=1S/C28H56NO7P/c1-5-6-7-8-9-10-11-12-13-14-15-16-17-18-19-20-21-22-28(31)34-25-27(30)26-36-37(32,33)35-24-23-29(2,3)4/h12-13,27,30H,5-11,14-26H2,1-4H3/b13-12-. The monoisotopic (exact) mass is 549 g/mol. The molecule has 0 aromatic heterocycles. The molecule has 8 nitrogen and oxygen atoms in total. The van der Waals surface area contributed by atoms with Crippen molar-refractivity contribution in [2.24, 2.45) is 0 Å². The molecular formula is C28H56NO7P. The molecule has 2 atom stereocenters. The van der Waals surface area contributed by atoms with Gasteiger partial charge in [0.25, 0.3) is 7.82 Å². The van der Waals surface area contributed by atoms with Crippen LogP contribution in [-0.2, 0) is 23.1 Å². The van der Waals surface area contributed by atoms with Gasteiger partial charge in [-0.2, -0.15) is 0 Å². The van der Waals surface area contributed by atoms with Gasteiger partial charge in [0.1, 0.15) is 25.9 Å². The third kappa shape index (κ3) is 28.1. The molecule has 0 aromatic rings. The Hall–Kier alpha value is -0.760. The molecule has 0 aromatic carbocycles. The molecule has 0 fully saturated rings. The van der Waals surface area contributed by atoms with Gasteiger partial charge >= 0.3 is 5.97 Å². The van der Waals surface area contributed by atoms with Crippen molar-refractivity contribution in [1.82, 2.24) is 0 Å². The molecule has 37 heavy (non-hydrogen) atoms. The summed E-state index contributed by atoms with van der Waals surface area (Å²) in [5.74, 6) is -0.392. The molecule has 0 saturated heterocycles. The molecule has 0 aliphatic rings. The number of nitrogens with zero attached hydrogens (tertiary/aromatic N) is 1. The fourth-order valence-corrected chi connectivity index (χ4v) is 4.38. The predicted molar refractivity (Wildman–Crippen MR) is 148 cm³/mol. The Morgan fingerprint density at radius 2 is 1.35 bits per heavy atom. The minimum Gasteiger partial charge on any atom is -0.756 e. The lowest BCUT2D eigenvalue weighted by molar-refractivity contribution is -0.870. The van der Waals surface area contributed by atoms with E-state index in [0.29, 0.717) is 17.4 Å². The molecule has 0 rings (SSSR count). The Kier molecular flexibility index (Phi) is 22.7. The lowest BCUT2D eigenvalue weighted by Crippen LogP contribution is -2.37. The first-order chi connectivity index (χ1) is 17.6. The van der Waals surface area contributed by atoms with Crippen LogP contribution in [-0.4, -0.2) is 69.2 Å². The maximum Gasteiger partial charge on any atom is 0.305 e. The number of esters is 1. The largest absolute Gasteiger partial charge is 0.756 e. The van der Waals surface area contributed by atoms with E-state index in [0.717, 1.165) is 19.3 Å². The van der Waals surface area contributed by atoms with Crippen LogP contribution >= 0.6 is 7.82 Å². The number of carbonyl (C=O) groups is 1. The number of hydrogen-bond acceptors (Lipinski definition) is 7. The molecule has 0 spiro atoms. The Labute approximate surface area is 227 Å². The molecule has 2 unspecified atom stereocenters. The number of phosphoric ester groups is 1. The Balaban J connectivity index is 3.54. The van der Waals surface area contributed by atoms with Gasteiger partial charge in [0.2, 0.25) is 0 Å². The van der Waals surface area contributed by atoms with Crippen LogP contribution in [0.1, 0.15) is 110 Å². The number of likely N-dealkylation sites (N-methyl/N-ethyl adjacent to an activating group) is 1. The zero-order valence-electron chi connectivity index (χ0n) is 24.2. The van der Waals surface area contributed by atoms with Crippen LogP contribution in [0.2, 0.25) is 0 Å². The molecule has 0 radical (unpaired) electrons. The fourth-order valence-electron chi connectivity index (χ4n) is 3.64. The molecular weight excluding hydrogens is 493 g/mol. The van der Waals surface area contributed by atoms with Crippen molar-refractivity contribution >= 4 is 13.8 Å². The van der Waals surface area contributed by atoms with E-state index < -0.39 is 26.5 Å². The highest BCUT2D eigenvalue weighted by Crippen LogP contribution is 2.38. The van der Waals surface area contributed by atoms with Crippen molar-refractivity contribution in [2.75, 3.05) is 47.5 Å². The van der Waals surface area contributed by atoms with Crippen molar-refractivity contribution < 1.29 is 37.6 Å². The number of quaternary nitrogens is 1. The molecule has 9 heteroatoms. The first-order valence-electron chi connectivity index (χ1n) is 14.4. The molecule has 0 aliphatic carbocycles. The van der Waals surface area contributed by atoms with E-state index in [1.54, 1.807) is 0 Å². The summed E-state index contributed by atoms with van der Waals surface area (Å²) in [5, 5.41) is 9.81. The summed E-state index contributed by atoms with van der Waals surface area (Å²) in [7, 11) is 1.25. The topological polar surface area (TPSA) is 105 Å². The fraction of sp³-hybridized carbons (Fsp3) is 0.893. The van der Waals surface area contributed by atoms with Crippen LogP contribution in [0.5, 0.6) is 0 Å². The van der Waals surface area contributed by atoms with Gasteiger partial charge < -0.3 is 28.3 Å². The first-order valence-corrected chi connectivity index (χ1v) is 15.9. The average molecular weight is 550 g/mol. The van der Waals surface area contributed by atoms with Crippen molar-refractivity contribution in [1.29, 1.82) is 0 Å². The maximum absolute atomic E-state index is 11.8. The third-order valence-corrected chi connectivity index (χ3v) is 6.98. The number of aliphatic hydroxyl groups excluding tert-OH is 1. The SMILES string of the molecule is CCCCCCCC/C=C\CCCCCCCCCC(=O)OCC(O)COP(=O)([O-])OCC[N+](C)(C)C. The predicted octanol–water partition coefficient (Wildman–Crippen LogP) is 5.92. The normalized spacial score (nSPS) is 14.6. The first kappa shape index (κ1) is 36.2. The van der Waals surface area contributed by atoms with Crippen LogP contribution in [0.4, 0.5) is 0 Å². The van der Waals surface area contributed by atoms with E-state index >= 15 is 0 Å². The van der Waals surface area contributed by atoms with E-state index in [1.165, 1.54) is 77.0 Å². The molecule has 0 aliphatic heterocycles.